The molecule has 0 fully saturated rings. The van der Waals surface area contributed by atoms with Gasteiger partial charge in [0.2, 0.25) is 11.8 Å². The Bertz CT molecular complexity index is 499. The standard InChI is InChI=1S/C14H19N3O2/c1-10(18)17-8-6-11-9-12(4-5-13(11)17)16-14(19)3-2-7-15/h4-5,9H,2-3,6-8,15H2,1H3,(H,16,19). The molecule has 0 spiro atoms. The maximum Gasteiger partial charge on any atom is 0.224 e. The Morgan fingerprint density at radius 2 is 2.21 bits per heavy atom. The molecule has 0 atom stereocenters. The smallest absolute Gasteiger partial charge is 0.224 e. The summed E-state index contributed by atoms with van der Waals surface area (Å²) in [6.07, 6.45) is 1.96. The number of nitrogens with two attached hydrogens (primary N) is 1. The molecule has 0 unspecified atom stereocenters. The van der Waals surface area contributed by atoms with E-state index in [1.807, 2.05) is 18.2 Å². The van der Waals surface area contributed by atoms with Crippen molar-refractivity contribution in [3.63, 3.8) is 0 Å². The van der Waals surface area contributed by atoms with Gasteiger partial charge in [0.05, 0.1) is 0 Å². The van der Waals surface area contributed by atoms with Crippen molar-refractivity contribution in [2.24, 2.45) is 5.73 Å². The van der Waals surface area contributed by atoms with Crippen molar-refractivity contribution in [1.82, 2.24) is 0 Å². The summed E-state index contributed by atoms with van der Waals surface area (Å²) in [6, 6.07) is 5.67. The molecule has 3 N–H and O–H groups in total. The highest BCUT2D eigenvalue weighted by Crippen LogP contribution is 2.30. The molecule has 1 aliphatic heterocycles. The first-order valence-electron chi connectivity index (χ1n) is 6.53. The highest BCUT2D eigenvalue weighted by molar-refractivity contribution is 5.95. The highest BCUT2D eigenvalue weighted by atomic mass is 16.2. The average Bonchev–Trinajstić information content (AvgIpc) is 2.79. The largest absolute Gasteiger partial charge is 0.330 e. The van der Waals surface area contributed by atoms with Gasteiger partial charge >= 0.3 is 0 Å². The number of carbonyl (C=O) groups is 2. The summed E-state index contributed by atoms with van der Waals surface area (Å²) in [5.41, 5.74) is 8.21. The molecule has 5 heteroatoms. The van der Waals surface area contributed by atoms with Gasteiger partial charge in [0.15, 0.2) is 0 Å². The van der Waals surface area contributed by atoms with Crippen LogP contribution in [-0.2, 0) is 16.0 Å². The molecule has 1 aromatic carbocycles. The molecule has 102 valence electrons. The Labute approximate surface area is 112 Å². The first-order valence-corrected chi connectivity index (χ1v) is 6.53. The Morgan fingerprint density at radius 1 is 1.42 bits per heavy atom. The molecule has 0 radical (unpaired) electrons. The first-order chi connectivity index (χ1) is 9.11. The van der Waals surface area contributed by atoms with Gasteiger partial charge in [0, 0.05) is 31.3 Å². The predicted molar refractivity (Wildman–Crippen MR) is 75.1 cm³/mol. The maximum atomic E-state index is 11.6. The second kappa shape index (κ2) is 5.84. The molecular weight excluding hydrogens is 242 g/mol. The average molecular weight is 261 g/mol. The van der Waals surface area contributed by atoms with Gasteiger partial charge in [-0.3, -0.25) is 9.59 Å². The van der Waals surface area contributed by atoms with Crippen molar-refractivity contribution >= 4 is 23.2 Å². The van der Waals surface area contributed by atoms with Crippen LogP contribution in [-0.4, -0.2) is 24.9 Å². The molecule has 0 bridgehead atoms. The molecule has 1 aromatic rings. The zero-order chi connectivity index (χ0) is 13.8. The molecule has 5 nitrogen and oxygen atoms in total. The van der Waals surface area contributed by atoms with Crippen LogP contribution >= 0.6 is 0 Å². The lowest BCUT2D eigenvalue weighted by Gasteiger charge is -2.15. The van der Waals surface area contributed by atoms with Crippen LogP contribution in [0.2, 0.25) is 0 Å². The van der Waals surface area contributed by atoms with Crippen molar-refractivity contribution in [2.75, 3.05) is 23.3 Å². The Kier molecular flexibility index (Phi) is 4.16. The fourth-order valence-corrected chi connectivity index (χ4v) is 2.29. The van der Waals surface area contributed by atoms with Gasteiger partial charge in [-0.15, -0.1) is 0 Å². The van der Waals surface area contributed by atoms with Gasteiger partial charge in [-0.2, -0.15) is 0 Å². The summed E-state index contributed by atoms with van der Waals surface area (Å²) in [7, 11) is 0. The van der Waals surface area contributed by atoms with E-state index in [-0.39, 0.29) is 11.8 Å². The van der Waals surface area contributed by atoms with Crippen LogP contribution in [0.25, 0.3) is 0 Å². The van der Waals surface area contributed by atoms with Gasteiger partial charge in [0.25, 0.3) is 0 Å². The van der Waals surface area contributed by atoms with E-state index in [1.54, 1.807) is 11.8 Å². The van der Waals surface area contributed by atoms with Crippen LogP contribution in [0.5, 0.6) is 0 Å². The second-order valence-electron chi connectivity index (χ2n) is 4.70. The summed E-state index contributed by atoms with van der Waals surface area (Å²) in [6.45, 7) is 2.80. The van der Waals surface area contributed by atoms with Gasteiger partial charge < -0.3 is 16.0 Å². The van der Waals surface area contributed by atoms with E-state index in [4.69, 9.17) is 5.73 Å². The van der Waals surface area contributed by atoms with Gasteiger partial charge in [-0.05, 0) is 43.1 Å². The van der Waals surface area contributed by atoms with E-state index < -0.39 is 0 Å². The third-order valence-corrected chi connectivity index (χ3v) is 3.25. The molecule has 0 aliphatic carbocycles. The number of amides is 2. The van der Waals surface area contributed by atoms with Gasteiger partial charge in [-0.25, -0.2) is 0 Å². The minimum Gasteiger partial charge on any atom is -0.330 e. The SMILES string of the molecule is CC(=O)N1CCc2cc(NC(=O)CCCN)ccc21. The fourth-order valence-electron chi connectivity index (χ4n) is 2.29. The lowest BCUT2D eigenvalue weighted by atomic mass is 10.1. The lowest BCUT2D eigenvalue weighted by Crippen LogP contribution is -2.25. The van der Waals surface area contributed by atoms with Crippen LogP contribution in [0, 0.1) is 0 Å². The summed E-state index contributed by atoms with van der Waals surface area (Å²) < 4.78 is 0. The number of rotatable bonds is 4. The van der Waals surface area contributed by atoms with Crippen LogP contribution in [0.1, 0.15) is 25.3 Å². The Hall–Kier alpha value is -1.88. The van der Waals surface area contributed by atoms with Crippen molar-refractivity contribution < 1.29 is 9.59 Å². The minimum atomic E-state index is -0.0215. The van der Waals surface area contributed by atoms with Crippen molar-refractivity contribution in [1.29, 1.82) is 0 Å². The second-order valence-corrected chi connectivity index (χ2v) is 4.70. The van der Waals surface area contributed by atoms with Crippen molar-refractivity contribution in [3.8, 4) is 0 Å². The molecule has 2 rings (SSSR count). The molecule has 0 saturated heterocycles. The summed E-state index contributed by atoms with van der Waals surface area (Å²) in [4.78, 5) is 24.8. The number of nitrogens with zero attached hydrogens (tertiary/aromatic N) is 1. The van der Waals surface area contributed by atoms with E-state index >= 15 is 0 Å². The van der Waals surface area contributed by atoms with E-state index in [0.29, 0.717) is 19.4 Å². The normalized spacial score (nSPS) is 13.3. The molecule has 2 amide bonds. The van der Waals surface area contributed by atoms with Crippen LogP contribution in [0.3, 0.4) is 0 Å². The minimum absolute atomic E-state index is 0.0215. The third-order valence-electron chi connectivity index (χ3n) is 3.25. The Morgan fingerprint density at radius 3 is 2.89 bits per heavy atom. The number of anilines is 2. The van der Waals surface area contributed by atoms with Crippen LogP contribution in [0.15, 0.2) is 18.2 Å². The molecule has 1 aliphatic rings. The summed E-state index contributed by atoms with van der Waals surface area (Å²) >= 11 is 0. The number of benzene rings is 1. The summed E-state index contributed by atoms with van der Waals surface area (Å²) in [5, 5.41) is 2.85. The lowest BCUT2D eigenvalue weighted by molar-refractivity contribution is -0.117. The molecule has 0 aromatic heterocycles. The van der Waals surface area contributed by atoms with Gasteiger partial charge in [0.1, 0.15) is 0 Å². The van der Waals surface area contributed by atoms with E-state index in [1.165, 1.54) is 0 Å². The number of hydrogen-bond acceptors (Lipinski definition) is 3. The monoisotopic (exact) mass is 261 g/mol. The number of nitrogens with one attached hydrogen (secondary N) is 1. The zero-order valence-corrected chi connectivity index (χ0v) is 11.1. The predicted octanol–water partition coefficient (Wildman–Crippen LogP) is 1.27. The maximum absolute atomic E-state index is 11.6. The number of fused-ring (bicyclic) bond motifs is 1. The molecule has 0 saturated carbocycles. The molecular formula is C14H19N3O2. The first kappa shape index (κ1) is 13.5. The third kappa shape index (κ3) is 3.12. The van der Waals surface area contributed by atoms with Crippen LogP contribution in [0.4, 0.5) is 11.4 Å². The zero-order valence-electron chi connectivity index (χ0n) is 11.1. The fraction of sp³-hybridized carbons (Fsp3) is 0.429. The number of carbonyl (C=O) groups excluding carboxylic acids is 2. The quantitative estimate of drug-likeness (QED) is 0.857. The van der Waals surface area contributed by atoms with E-state index in [2.05, 4.69) is 5.32 Å². The molecule has 19 heavy (non-hydrogen) atoms. The highest BCUT2D eigenvalue weighted by Gasteiger charge is 2.22. The molecule has 1 heterocycles. The van der Waals surface area contributed by atoms with Crippen molar-refractivity contribution in [3.05, 3.63) is 23.8 Å². The summed E-state index contributed by atoms with van der Waals surface area (Å²) in [5.74, 6) is 0.0327. The van der Waals surface area contributed by atoms with E-state index in [9.17, 15) is 9.59 Å². The van der Waals surface area contributed by atoms with E-state index in [0.717, 1.165) is 29.9 Å². The van der Waals surface area contributed by atoms with Gasteiger partial charge in [-0.1, -0.05) is 0 Å². The number of hydrogen-bond donors (Lipinski definition) is 2. The van der Waals surface area contributed by atoms with Crippen LogP contribution < -0.4 is 16.0 Å². The topological polar surface area (TPSA) is 75.4 Å². The van der Waals surface area contributed by atoms with Crippen molar-refractivity contribution in [2.45, 2.75) is 26.2 Å². The Balaban J connectivity index is 2.06.